The average Bonchev–Trinajstić information content (AvgIpc) is 2.80. The van der Waals surface area contributed by atoms with E-state index >= 15 is 0 Å². The van der Waals surface area contributed by atoms with Gasteiger partial charge in [0.05, 0.1) is 0 Å². The van der Waals surface area contributed by atoms with Gasteiger partial charge in [0.15, 0.2) is 5.17 Å². The summed E-state index contributed by atoms with van der Waals surface area (Å²) in [5.41, 5.74) is 1.18. The Morgan fingerprint density at radius 2 is 1.94 bits per heavy atom. The summed E-state index contributed by atoms with van der Waals surface area (Å²) in [5, 5.41) is 4.86. The third kappa shape index (κ3) is 2.43. The first kappa shape index (κ1) is 12.8. The van der Waals surface area contributed by atoms with Crippen molar-refractivity contribution < 1.29 is 0 Å². The second-order valence-electron chi connectivity index (χ2n) is 6.68. The Bertz CT molecular complexity index is 322. The van der Waals surface area contributed by atoms with Gasteiger partial charge >= 0.3 is 0 Å². The summed E-state index contributed by atoms with van der Waals surface area (Å²) in [6, 6.07) is 0. The Morgan fingerprint density at radius 3 is 2.44 bits per heavy atom. The van der Waals surface area contributed by atoms with Gasteiger partial charge in [0.2, 0.25) is 0 Å². The van der Waals surface area contributed by atoms with Crippen LogP contribution in [0.3, 0.4) is 0 Å². The van der Waals surface area contributed by atoms with E-state index in [1.165, 1.54) is 62.3 Å². The number of aliphatic imine (C=N–C) groups is 1. The van der Waals surface area contributed by atoms with Crippen LogP contribution < -0.4 is 5.32 Å². The first-order valence-corrected chi connectivity index (χ1v) is 8.66. The van der Waals surface area contributed by atoms with Crippen molar-refractivity contribution >= 4 is 16.9 Å². The van der Waals surface area contributed by atoms with Crippen LogP contribution in [0.5, 0.6) is 0 Å². The van der Waals surface area contributed by atoms with Gasteiger partial charge < -0.3 is 5.32 Å². The van der Waals surface area contributed by atoms with Crippen molar-refractivity contribution in [2.24, 2.45) is 15.8 Å². The van der Waals surface area contributed by atoms with Crippen LogP contribution in [0.4, 0.5) is 0 Å². The largest absolute Gasteiger partial charge is 0.364 e. The molecule has 0 aromatic rings. The molecule has 2 nitrogen and oxygen atoms in total. The van der Waals surface area contributed by atoms with Gasteiger partial charge in [-0.2, -0.15) is 0 Å². The number of nitrogens with one attached hydrogen (secondary N) is 1. The molecule has 102 valence electrons. The molecule has 0 radical (unpaired) electrons. The van der Waals surface area contributed by atoms with Crippen molar-refractivity contribution in [3.8, 4) is 0 Å². The van der Waals surface area contributed by atoms with E-state index in [9.17, 15) is 0 Å². The lowest BCUT2D eigenvalue weighted by molar-refractivity contribution is 0.132. The Balaban J connectivity index is 1.51. The van der Waals surface area contributed by atoms with Crippen LogP contribution in [0.25, 0.3) is 0 Å². The van der Waals surface area contributed by atoms with E-state index in [1.54, 1.807) is 0 Å². The fourth-order valence-electron chi connectivity index (χ4n) is 3.68. The molecule has 1 N–H and O–H groups in total. The number of amidine groups is 1. The quantitative estimate of drug-likeness (QED) is 0.840. The molecule has 1 spiro atoms. The summed E-state index contributed by atoms with van der Waals surface area (Å²) in [7, 11) is 0. The van der Waals surface area contributed by atoms with Crippen LogP contribution in [-0.4, -0.2) is 24.0 Å². The molecule has 0 unspecified atom stereocenters. The second-order valence-corrected chi connectivity index (χ2v) is 7.64. The monoisotopic (exact) mass is 266 g/mol. The summed E-state index contributed by atoms with van der Waals surface area (Å²) in [5.74, 6) is 1.30. The van der Waals surface area contributed by atoms with Crippen LogP contribution in [0.15, 0.2) is 4.99 Å². The first-order chi connectivity index (χ1) is 8.76. The van der Waals surface area contributed by atoms with Gasteiger partial charge in [-0.25, -0.2) is 0 Å². The SMILES string of the molecule is CCC1(CNC2=NCC3(CCCC3)CS2)CCC1. The van der Waals surface area contributed by atoms with Crippen molar-refractivity contribution in [2.45, 2.75) is 58.3 Å². The van der Waals surface area contributed by atoms with Crippen LogP contribution in [0.1, 0.15) is 58.3 Å². The first-order valence-electron chi connectivity index (χ1n) is 7.67. The zero-order valence-electron chi connectivity index (χ0n) is 11.6. The summed E-state index contributed by atoms with van der Waals surface area (Å²) in [6.07, 6.45) is 11.3. The standard InChI is InChI=1S/C15H26N2S/c1-2-14(8-5-9-14)10-16-13-17-11-15(12-18-13)6-3-4-7-15/h2-12H2,1H3,(H,16,17). The van der Waals surface area contributed by atoms with E-state index in [-0.39, 0.29) is 0 Å². The molecule has 0 aromatic carbocycles. The molecule has 0 saturated heterocycles. The van der Waals surface area contributed by atoms with Crippen molar-refractivity contribution in [1.29, 1.82) is 0 Å². The summed E-state index contributed by atoms with van der Waals surface area (Å²) in [6.45, 7) is 4.58. The second kappa shape index (κ2) is 5.07. The van der Waals surface area contributed by atoms with E-state index in [4.69, 9.17) is 4.99 Å². The highest BCUT2D eigenvalue weighted by atomic mass is 32.2. The zero-order chi connectivity index (χ0) is 12.5. The fourth-order valence-corrected chi connectivity index (χ4v) is 4.83. The Hall–Kier alpha value is -0.180. The van der Waals surface area contributed by atoms with Gasteiger partial charge in [-0.15, -0.1) is 0 Å². The highest BCUT2D eigenvalue weighted by Gasteiger charge is 2.38. The van der Waals surface area contributed by atoms with Gasteiger partial charge in [0, 0.05) is 18.8 Å². The lowest BCUT2D eigenvalue weighted by atomic mass is 9.67. The molecule has 18 heavy (non-hydrogen) atoms. The molecule has 0 bridgehead atoms. The summed E-state index contributed by atoms with van der Waals surface area (Å²) in [4.78, 5) is 4.83. The number of rotatable bonds is 3. The fraction of sp³-hybridized carbons (Fsp3) is 0.933. The number of hydrogen-bond acceptors (Lipinski definition) is 3. The molecule has 0 atom stereocenters. The van der Waals surface area contributed by atoms with Crippen molar-refractivity contribution in [2.75, 3.05) is 18.8 Å². The molecule has 1 aliphatic heterocycles. The van der Waals surface area contributed by atoms with Crippen molar-refractivity contribution in [3.05, 3.63) is 0 Å². The molecule has 1 heterocycles. The van der Waals surface area contributed by atoms with E-state index in [2.05, 4.69) is 12.2 Å². The Morgan fingerprint density at radius 1 is 1.17 bits per heavy atom. The zero-order valence-corrected chi connectivity index (χ0v) is 12.5. The van der Waals surface area contributed by atoms with E-state index < -0.39 is 0 Å². The summed E-state index contributed by atoms with van der Waals surface area (Å²) < 4.78 is 0. The minimum atomic E-state index is 0.578. The predicted octanol–water partition coefficient (Wildman–Crippen LogP) is 3.82. The number of hydrogen-bond donors (Lipinski definition) is 1. The molecule has 0 aromatic heterocycles. The minimum Gasteiger partial charge on any atom is -0.364 e. The van der Waals surface area contributed by atoms with Gasteiger partial charge in [0.1, 0.15) is 0 Å². The molecule has 2 fully saturated rings. The van der Waals surface area contributed by atoms with E-state index in [0.717, 1.165) is 13.1 Å². The topological polar surface area (TPSA) is 24.4 Å². The molecule has 2 saturated carbocycles. The highest BCUT2D eigenvalue weighted by Crippen LogP contribution is 2.45. The third-order valence-corrected chi connectivity index (χ3v) is 6.82. The Kier molecular flexibility index (Phi) is 3.61. The maximum absolute atomic E-state index is 4.83. The van der Waals surface area contributed by atoms with Gasteiger partial charge in [-0.05, 0) is 42.9 Å². The normalized spacial score (nSPS) is 28.8. The lowest BCUT2D eigenvalue weighted by Crippen LogP contribution is -2.42. The molecular formula is C15H26N2S. The van der Waals surface area contributed by atoms with Crippen molar-refractivity contribution in [1.82, 2.24) is 5.32 Å². The highest BCUT2D eigenvalue weighted by molar-refractivity contribution is 8.13. The lowest BCUT2D eigenvalue weighted by Gasteiger charge is -2.42. The maximum Gasteiger partial charge on any atom is 0.156 e. The molecular weight excluding hydrogens is 240 g/mol. The third-order valence-electron chi connectivity index (χ3n) is 5.52. The molecule has 3 rings (SSSR count). The van der Waals surface area contributed by atoms with Crippen LogP contribution in [-0.2, 0) is 0 Å². The predicted molar refractivity (Wildman–Crippen MR) is 80.2 cm³/mol. The van der Waals surface area contributed by atoms with Gasteiger partial charge in [-0.1, -0.05) is 37.9 Å². The van der Waals surface area contributed by atoms with E-state index in [0.29, 0.717) is 10.8 Å². The van der Waals surface area contributed by atoms with Gasteiger partial charge in [-0.3, -0.25) is 4.99 Å². The molecule has 0 amide bonds. The Labute approximate surface area is 115 Å². The van der Waals surface area contributed by atoms with E-state index in [1.807, 2.05) is 11.8 Å². The molecule has 3 aliphatic rings. The number of nitrogens with zero attached hydrogens (tertiary/aromatic N) is 1. The smallest absolute Gasteiger partial charge is 0.156 e. The minimum absolute atomic E-state index is 0.578. The van der Waals surface area contributed by atoms with Crippen molar-refractivity contribution in [3.63, 3.8) is 0 Å². The maximum atomic E-state index is 4.83. The average molecular weight is 266 g/mol. The molecule has 2 aliphatic carbocycles. The molecule has 3 heteroatoms. The van der Waals surface area contributed by atoms with Crippen LogP contribution in [0.2, 0.25) is 0 Å². The van der Waals surface area contributed by atoms with Crippen LogP contribution >= 0.6 is 11.8 Å². The van der Waals surface area contributed by atoms with Gasteiger partial charge in [0.25, 0.3) is 0 Å². The summed E-state index contributed by atoms with van der Waals surface area (Å²) >= 11 is 1.98. The number of thioether (sulfide) groups is 1. The van der Waals surface area contributed by atoms with Crippen LogP contribution in [0, 0.1) is 10.8 Å².